The van der Waals surface area contributed by atoms with Gasteiger partial charge in [-0.25, -0.2) is 13.1 Å². The molecular weight excluding hydrogens is 222 g/mol. The fourth-order valence-electron chi connectivity index (χ4n) is 1.39. The van der Waals surface area contributed by atoms with Crippen LogP contribution in [0.2, 0.25) is 0 Å². The van der Waals surface area contributed by atoms with Crippen LogP contribution in [0.1, 0.15) is 40.0 Å². The van der Waals surface area contributed by atoms with Gasteiger partial charge in [0.15, 0.2) is 0 Å². The van der Waals surface area contributed by atoms with Gasteiger partial charge in [0, 0.05) is 11.4 Å². The zero-order valence-corrected chi connectivity index (χ0v) is 10.7. The highest BCUT2D eigenvalue weighted by atomic mass is 35.5. The minimum Gasteiger partial charge on any atom is -0.212 e. The van der Waals surface area contributed by atoms with Crippen molar-refractivity contribution in [2.45, 2.75) is 45.6 Å². The highest BCUT2D eigenvalue weighted by molar-refractivity contribution is 7.89. The third-order valence-corrected chi connectivity index (χ3v) is 3.81. The third-order valence-electron chi connectivity index (χ3n) is 1.85. The van der Waals surface area contributed by atoms with Crippen LogP contribution in [0, 0.1) is 0 Å². The molecule has 0 saturated carbocycles. The van der Waals surface area contributed by atoms with Gasteiger partial charge >= 0.3 is 0 Å². The summed E-state index contributed by atoms with van der Waals surface area (Å²) in [7, 11) is -3.16. The average Bonchev–Trinajstić information content (AvgIpc) is 1.98. The van der Waals surface area contributed by atoms with Crippen molar-refractivity contribution in [3.05, 3.63) is 0 Å². The Morgan fingerprint density at radius 2 is 1.93 bits per heavy atom. The standard InChI is InChI=1S/C9H20ClNO2S/c1-4-6-9(2,3)11-14(12,13)8-5-7-10/h11H,4-8H2,1-3H3. The lowest BCUT2D eigenvalue weighted by atomic mass is 10.0. The van der Waals surface area contributed by atoms with E-state index in [1.54, 1.807) is 0 Å². The molecule has 5 heteroatoms. The SMILES string of the molecule is CCCC(C)(C)NS(=O)(=O)CCCCl. The van der Waals surface area contributed by atoms with Crippen molar-refractivity contribution in [3.8, 4) is 0 Å². The predicted octanol–water partition coefficient (Wildman–Crippen LogP) is 2.11. The minimum atomic E-state index is -3.16. The smallest absolute Gasteiger partial charge is 0.212 e. The van der Waals surface area contributed by atoms with Crippen LogP contribution in [0.25, 0.3) is 0 Å². The summed E-state index contributed by atoms with van der Waals surface area (Å²) in [5.74, 6) is 0.499. The lowest BCUT2D eigenvalue weighted by Crippen LogP contribution is -2.44. The second kappa shape index (κ2) is 5.93. The number of halogens is 1. The average molecular weight is 242 g/mol. The van der Waals surface area contributed by atoms with Gasteiger partial charge in [0.25, 0.3) is 0 Å². The van der Waals surface area contributed by atoms with E-state index in [0.29, 0.717) is 12.3 Å². The molecule has 0 fully saturated rings. The predicted molar refractivity (Wildman–Crippen MR) is 61.2 cm³/mol. The summed E-state index contributed by atoms with van der Waals surface area (Å²) in [6.07, 6.45) is 2.30. The molecular formula is C9H20ClNO2S. The molecule has 0 aromatic rings. The van der Waals surface area contributed by atoms with Crippen molar-refractivity contribution in [2.75, 3.05) is 11.6 Å². The first-order valence-corrected chi connectivity index (χ1v) is 7.09. The van der Waals surface area contributed by atoms with Crippen LogP contribution in [0.5, 0.6) is 0 Å². The summed E-state index contributed by atoms with van der Waals surface area (Å²) >= 11 is 5.45. The molecule has 0 radical (unpaired) electrons. The second-order valence-electron chi connectivity index (χ2n) is 4.10. The molecule has 0 heterocycles. The van der Waals surface area contributed by atoms with Gasteiger partial charge < -0.3 is 0 Å². The summed E-state index contributed by atoms with van der Waals surface area (Å²) in [6.45, 7) is 5.83. The van der Waals surface area contributed by atoms with E-state index in [0.717, 1.165) is 12.8 Å². The molecule has 0 saturated heterocycles. The maximum Gasteiger partial charge on any atom is 0.212 e. The van der Waals surface area contributed by atoms with Gasteiger partial charge in [-0.15, -0.1) is 11.6 Å². The Labute approximate surface area is 92.3 Å². The highest BCUT2D eigenvalue weighted by Gasteiger charge is 2.23. The first-order chi connectivity index (χ1) is 6.33. The molecule has 1 N–H and O–H groups in total. The van der Waals surface area contributed by atoms with Crippen molar-refractivity contribution < 1.29 is 8.42 Å². The lowest BCUT2D eigenvalue weighted by molar-refractivity contribution is 0.417. The molecule has 0 spiro atoms. The molecule has 3 nitrogen and oxygen atoms in total. The van der Waals surface area contributed by atoms with Gasteiger partial charge in [0.1, 0.15) is 0 Å². The van der Waals surface area contributed by atoms with Crippen LogP contribution in [0.15, 0.2) is 0 Å². The van der Waals surface area contributed by atoms with Gasteiger partial charge in [0.05, 0.1) is 5.75 Å². The van der Waals surface area contributed by atoms with Crippen LogP contribution in [0.3, 0.4) is 0 Å². The van der Waals surface area contributed by atoms with E-state index in [1.165, 1.54) is 0 Å². The topological polar surface area (TPSA) is 46.2 Å². The van der Waals surface area contributed by atoms with Crippen molar-refractivity contribution in [1.29, 1.82) is 0 Å². The number of hydrogen-bond acceptors (Lipinski definition) is 2. The normalized spacial score (nSPS) is 13.1. The molecule has 0 amide bonds. The molecule has 0 unspecified atom stereocenters. The first-order valence-electron chi connectivity index (χ1n) is 4.90. The van der Waals surface area contributed by atoms with E-state index in [9.17, 15) is 8.42 Å². The molecule has 0 aliphatic carbocycles. The molecule has 0 aromatic heterocycles. The summed E-state index contributed by atoms with van der Waals surface area (Å²) in [6, 6.07) is 0. The zero-order valence-electron chi connectivity index (χ0n) is 9.14. The van der Waals surface area contributed by atoms with Gasteiger partial charge in [0.2, 0.25) is 10.0 Å². The Balaban J connectivity index is 4.20. The molecule has 0 aromatic carbocycles. The quantitative estimate of drug-likeness (QED) is 0.694. The van der Waals surface area contributed by atoms with E-state index in [-0.39, 0.29) is 11.3 Å². The zero-order chi connectivity index (χ0) is 11.2. The first kappa shape index (κ1) is 14.2. The molecule has 0 aliphatic heterocycles. The number of sulfonamides is 1. The second-order valence-corrected chi connectivity index (χ2v) is 6.32. The fourth-order valence-corrected chi connectivity index (χ4v) is 3.26. The van der Waals surface area contributed by atoms with Crippen LogP contribution in [0.4, 0.5) is 0 Å². The fraction of sp³-hybridized carbons (Fsp3) is 1.00. The van der Waals surface area contributed by atoms with Crippen molar-refractivity contribution in [3.63, 3.8) is 0 Å². The van der Waals surface area contributed by atoms with Crippen LogP contribution >= 0.6 is 11.6 Å². The van der Waals surface area contributed by atoms with Gasteiger partial charge in [-0.2, -0.15) is 0 Å². The van der Waals surface area contributed by atoms with E-state index in [2.05, 4.69) is 4.72 Å². The summed E-state index contributed by atoms with van der Waals surface area (Å²) in [5, 5.41) is 0. The summed E-state index contributed by atoms with van der Waals surface area (Å²) in [4.78, 5) is 0. The Kier molecular flexibility index (Phi) is 6.02. The lowest BCUT2D eigenvalue weighted by Gasteiger charge is -2.25. The Morgan fingerprint density at radius 3 is 2.36 bits per heavy atom. The Morgan fingerprint density at radius 1 is 1.36 bits per heavy atom. The van der Waals surface area contributed by atoms with Crippen LogP contribution in [-0.2, 0) is 10.0 Å². The minimum absolute atomic E-state index is 0.115. The molecule has 86 valence electrons. The van der Waals surface area contributed by atoms with Crippen molar-refractivity contribution >= 4 is 21.6 Å². The molecule has 0 atom stereocenters. The number of hydrogen-bond donors (Lipinski definition) is 1. The molecule has 0 aliphatic rings. The largest absolute Gasteiger partial charge is 0.212 e. The van der Waals surface area contributed by atoms with Crippen molar-refractivity contribution in [1.82, 2.24) is 4.72 Å². The molecule has 0 bridgehead atoms. The van der Waals surface area contributed by atoms with E-state index in [1.807, 2.05) is 20.8 Å². The van der Waals surface area contributed by atoms with E-state index in [4.69, 9.17) is 11.6 Å². The van der Waals surface area contributed by atoms with E-state index < -0.39 is 10.0 Å². The van der Waals surface area contributed by atoms with Gasteiger partial charge in [-0.05, 0) is 26.7 Å². The molecule has 14 heavy (non-hydrogen) atoms. The summed E-state index contributed by atoms with van der Waals surface area (Å²) in [5.41, 5.74) is -0.347. The Hall–Kier alpha value is 0.200. The highest BCUT2D eigenvalue weighted by Crippen LogP contribution is 2.12. The monoisotopic (exact) mass is 241 g/mol. The Bertz CT molecular complexity index is 250. The number of nitrogens with one attached hydrogen (secondary N) is 1. The summed E-state index contributed by atoms with van der Waals surface area (Å²) < 4.78 is 25.7. The van der Waals surface area contributed by atoms with Crippen molar-refractivity contribution in [2.24, 2.45) is 0 Å². The van der Waals surface area contributed by atoms with Crippen LogP contribution < -0.4 is 4.72 Å². The maximum atomic E-state index is 11.5. The van der Waals surface area contributed by atoms with Gasteiger partial charge in [-0.1, -0.05) is 13.3 Å². The van der Waals surface area contributed by atoms with Crippen LogP contribution in [-0.4, -0.2) is 25.6 Å². The third kappa shape index (κ3) is 6.62. The maximum absolute atomic E-state index is 11.5. The number of alkyl halides is 1. The van der Waals surface area contributed by atoms with E-state index >= 15 is 0 Å². The molecule has 0 rings (SSSR count). The van der Waals surface area contributed by atoms with Gasteiger partial charge in [-0.3, -0.25) is 0 Å². The number of rotatable bonds is 7.